The second-order valence-electron chi connectivity index (χ2n) is 8.37. The number of carbonyl (C=O) groups excluding carboxylic acids is 1. The van der Waals surface area contributed by atoms with Crippen LogP contribution in [0.1, 0.15) is 36.1 Å². The van der Waals surface area contributed by atoms with Gasteiger partial charge in [0.05, 0.1) is 5.92 Å². The van der Waals surface area contributed by atoms with Gasteiger partial charge in [0, 0.05) is 48.8 Å². The largest absolute Gasteiger partial charge is 0.355 e. The lowest BCUT2D eigenvalue weighted by molar-refractivity contribution is -0.125. The van der Waals surface area contributed by atoms with Crippen LogP contribution in [0.2, 0.25) is 0 Å². The first kappa shape index (κ1) is 19.7. The van der Waals surface area contributed by atoms with E-state index in [0.717, 1.165) is 61.4 Å². The van der Waals surface area contributed by atoms with E-state index in [9.17, 15) is 4.79 Å². The predicted octanol–water partition coefficient (Wildman–Crippen LogP) is 3.56. The van der Waals surface area contributed by atoms with E-state index in [1.165, 1.54) is 11.3 Å². The molecule has 1 aliphatic carbocycles. The van der Waals surface area contributed by atoms with E-state index >= 15 is 0 Å². The Morgan fingerprint density at radius 1 is 1.03 bits per heavy atom. The molecule has 158 valence electrons. The van der Waals surface area contributed by atoms with Gasteiger partial charge in [-0.3, -0.25) is 9.78 Å². The number of rotatable bonds is 5. The van der Waals surface area contributed by atoms with Gasteiger partial charge in [-0.1, -0.05) is 30.3 Å². The highest BCUT2D eigenvalue weighted by Crippen LogP contribution is 2.33. The summed E-state index contributed by atoms with van der Waals surface area (Å²) in [5.41, 5.74) is 4.56. The highest BCUT2D eigenvalue weighted by molar-refractivity contribution is 5.79. The zero-order valence-corrected chi connectivity index (χ0v) is 17.6. The number of pyridine rings is 1. The minimum absolute atomic E-state index is 0.0252. The van der Waals surface area contributed by atoms with E-state index in [-0.39, 0.29) is 11.8 Å². The van der Waals surface area contributed by atoms with Crippen LogP contribution in [0.3, 0.4) is 0 Å². The Balaban J connectivity index is 1.35. The Bertz CT molecular complexity index is 1050. The van der Waals surface area contributed by atoms with Crippen LogP contribution < -0.4 is 10.2 Å². The lowest BCUT2D eigenvalue weighted by Gasteiger charge is -2.34. The standard InChI is InChI=1S/C25H27N5O/c31-25(27-16-18-11-13-26-14-12-18)20-8-5-15-30(17-20)24-21-9-4-10-22(21)28-23(29-24)19-6-2-1-3-7-19/h1-3,6-7,11-14,20H,4-5,8-10,15-17H2,(H,27,31)/t20-/m0/s1. The molecule has 6 nitrogen and oxygen atoms in total. The summed E-state index contributed by atoms with van der Waals surface area (Å²) in [5.74, 6) is 1.92. The summed E-state index contributed by atoms with van der Waals surface area (Å²) >= 11 is 0. The Morgan fingerprint density at radius 2 is 1.87 bits per heavy atom. The summed E-state index contributed by atoms with van der Waals surface area (Å²) < 4.78 is 0. The van der Waals surface area contributed by atoms with Crippen molar-refractivity contribution in [2.24, 2.45) is 5.92 Å². The summed E-state index contributed by atoms with van der Waals surface area (Å²) in [4.78, 5) is 29.1. The molecule has 3 aromatic rings. The molecule has 5 rings (SSSR count). The second kappa shape index (κ2) is 8.84. The van der Waals surface area contributed by atoms with Crippen LogP contribution in [0, 0.1) is 5.92 Å². The third-order valence-electron chi connectivity index (χ3n) is 6.25. The van der Waals surface area contributed by atoms with Crippen LogP contribution in [-0.4, -0.2) is 33.9 Å². The van der Waals surface area contributed by atoms with E-state index in [0.29, 0.717) is 13.1 Å². The van der Waals surface area contributed by atoms with Crippen LogP contribution in [0.5, 0.6) is 0 Å². The van der Waals surface area contributed by atoms with E-state index in [1.54, 1.807) is 12.4 Å². The maximum Gasteiger partial charge on any atom is 0.225 e. The van der Waals surface area contributed by atoms with Gasteiger partial charge in [-0.15, -0.1) is 0 Å². The predicted molar refractivity (Wildman–Crippen MR) is 121 cm³/mol. The molecule has 1 N–H and O–H groups in total. The number of carbonyl (C=O) groups is 1. The van der Waals surface area contributed by atoms with Gasteiger partial charge >= 0.3 is 0 Å². The Kier molecular flexibility index (Phi) is 5.61. The minimum Gasteiger partial charge on any atom is -0.355 e. The molecule has 3 heterocycles. The molecule has 1 aliphatic heterocycles. The highest BCUT2D eigenvalue weighted by atomic mass is 16.1. The molecule has 2 aromatic heterocycles. The lowest BCUT2D eigenvalue weighted by Crippen LogP contribution is -2.43. The van der Waals surface area contributed by atoms with Crippen molar-refractivity contribution in [1.29, 1.82) is 0 Å². The van der Waals surface area contributed by atoms with Gasteiger partial charge in [0.2, 0.25) is 5.91 Å². The Morgan fingerprint density at radius 3 is 2.71 bits per heavy atom. The van der Waals surface area contributed by atoms with Crippen molar-refractivity contribution >= 4 is 11.7 Å². The zero-order chi connectivity index (χ0) is 21.0. The number of hydrogen-bond acceptors (Lipinski definition) is 5. The minimum atomic E-state index is -0.0252. The van der Waals surface area contributed by atoms with E-state index in [1.807, 2.05) is 30.3 Å². The van der Waals surface area contributed by atoms with E-state index in [4.69, 9.17) is 9.97 Å². The molecule has 0 radical (unpaired) electrons. The van der Waals surface area contributed by atoms with Gasteiger partial charge in [0.1, 0.15) is 5.82 Å². The molecule has 2 aliphatic rings. The number of aromatic nitrogens is 3. The van der Waals surface area contributed by atoms with Gasteiger partial charge in [-0.2, -0.15) is 0 Å². The van der Waals surface area contributed by atoms with Crippen molar-refractivity contribution in [3.63, 3.8) is 0 Å². The first-order valence-electron chi connectivity index (χ1n) is 11.1. The zero-order valence-electron chi connectivity index (χ0n) is 17.6. The number of aryl methyl sites for hydroxylation is 1. The molecule has 1 atom stereocenters. The molecular weight excluding hydrogens is 386 g/mol. The summed E-state index contributed by atoms with van der Waals surface area (Å²) in [6.45, 7) is 2.19. The topological polar surface area (TPSA) is 71.0 Å². The van der Waals surface area contributed by atoms with Gasteiger partial charge < -0.3 is 10.2 Å². The van der Waals surface area contributed by atoms with Crippen molar-refractivity contribution in [1.82, 2.24) is 20.3 Å². The molecule has 1 aromatic carbocycles. The molecule has 1 saturated heterocycles. The number of anilines is 1. The monoisotopic (exact) mass is 413 g/mol. The first-order valence-corrected chi connectivity index (χ1v) is 11.1. The van der Waals surface area contributed by atoms with Crippen LogP contribution >= 0.6 is 0 Å². The summed E-state index contributed by atoms with van der Waals surface area (Å²) in [7, 11) is 0. The average molecular weight is 414 g/mol. The number of nitrogens with one attached hydrogen (secondary N) is 1. The SMILES string of the molecule is O=C(NCc1ccncc1)[C@H]1CCCN(c2nc(-c3ccccc3)nc3c2CCC3)C1. The van der Waals surface area contributed by atoms with Gasteiger partial charge in [0.15, 0.2) is 5.82 Å². The number of nitrogens with zero attached hydrogens (tertiary/aromatic N) is 4. The molecule has 1 fully saturated rings. The Labute approximate surface area is 182 Å². The van der Waals surface area contributed by atoms with Crippen molar-refractivity contribution in [2.75, 3.05) is 18.0 Å². The van der Waals surface area contributed by atoms with E-state index in [2.05, 4.69) is 27.3 Å². The molecule has 6 heteroatoms. The fourth-order valence-corrected chi connectivity index (χ4v) is 4.61. The molecule has 0 bridgehead atoms. The Hall–Kier alpha value is -3.28. The smallest absolute Gasteiger partial charge is 0.225 e. The fourth-order valence-electron chi connectivity index (χ4n) is 4.61. The summed E-state index contributed by atoms with van der Waals surface area (Å²) in [6.07, 6.45) is 8.57. The number of hydrogen-bond donors (Lipinski definition) is 1. The fraction of sp³-hybridized carbons (Fsp3) is 0.360. The normalized spacial score (nSPS) is 17.9. The molecule has 0 saturated carbocycles. The van der Waals surface area contributed by atoms with Crippen molar-refractivity contribution in [2.45, 2.75) is 38.6 Å². The van der Waals surface area contributed by atoms with Crippen molar-refractivity contribution in [3.8, 4) is 11.4 Å². The third-order valence-corrected chi connectivity index (χ3v) is 6.25. The van der Waals surface area contributed by atoms with Crippen LogP contribution in [0.4, 0.5) is 5.82 Å². The van der Waals surface area contributed by atoms with Gasteiger partial charge in [-0.25, -0.2) is 9.97 Å². The van der Waals surface area contributed by atoms with Gasteiger partial charge in [0.25, 0.3) is 0 Å². The van der Waals surface area contributed by atoms with E-state index < -0.39 is 0 Å². The number of fused-ring (bicyclic) bond motifs is 1. The lowest BCUT2D eigenvalue weighted by atomic mass is 9.96. The number of piperidine rings is 1. The molecule has 0 unspecified atom stereocenters. The van der Waals surface area contributed by atoms with Crippen molar-refractivity contribution in [3.05, 3.63) is 71.7 Å². The highest BCUT2D eigenvalue weighted by Gasteiger charge is 2.30. The van der Waals surface area contributed by atoms with Crippen LogP contribution in [0.25, 0.3) is 11.4 Å². The molecular formula is C25H27N5O. The molecule has 1 amide bonds. The quantitative estimate of drug-likeness (QED) is 0.693. The molecule has 31 heavy (non-hydrogen) atoms. The summed E-state index contributed by atoms with van der Waals surface area (Å²) in [6, 6.07) is 14.0. The van der Waals surface area contributed by atoms with Gasteiger partial charge in [-0.05, 0) is 49.8 Å². The number of amides is 1. The van der Waals surface area contributed by atoms with Crippen LogP contribution in [0.15, 0.2) is 54.9 Å². The molecule has 0 spiro atoms. The number of benzene rings is 1. The van der Waals surface area contributed by atoms with Crippen molar-refractivity contribution < 1.29 is 4.79 Å². The first-order chi connectivity index (χ1) is 15.3. The summed E-state index contributed by atoms with van der Waals surface area (Å²) in [5, 5.41) is 3.10. The maximum absolute atomic E-state index is 12.9. The average Bonchev–Trinajstić information content (AvgIpc) is 3.32. The second-order valence-corrected chi connectivity index (χ2v) is 8.37. The third kappa shape index (κ3) is 4.29. The van der Waals surface area contributed by atoms with Crippen LogP contribution in [-0.2, 0) is 24.2 Å². The maximum atomic E-state index is 12.9.